The van der Waals surface area contributed by atoms with Crippen LogP contribution in [0.1, 0.15) is 63.9 Å². The second-order valence-corrected chi connectivity index (χ2v) is 10.3. The lowest BCUT2D eigenvalue weighted by atomic mass is 10.0. The number of esters is 1. The SMILES string of the molecule is CC(OC(=O)C[C@@H]1C[C@@H](COc2ccc(-c3ccc(C(=N)N)cc3)cc2)NC1=O)OC(=O)OC1CCCCCC1. The Labute approximate surface area is 234 Å². The summed E-state index contributed by atoms with van der Waals surface area (Å²) in [6.45, 7) is 1.71. The highest BCUT2D eigenvalue weighted by molar-refractivity contribution is 5.95. The van der Waals surface area contributed by atoms with E-state index in [1.54, 1.807) is 12.1 Å². The van der Waals surface area contributed by atoms with Crippen LogP contribution in [-0.4, -0.2) is 48.9 Å². The fraction of sp³-hybridized carbons (Fsp3) is 0.467. The van der Waals surface area contributed by atoms with Gasteiger partial charge >= 0.3 is 12.1 Å². The van der Waals surface area contributed by atoms with Crippen LogP contribution in [0, 0.1) is 11.3 Å². The minimum Gasteiger partial charge on any atom is -0.491 e. The molecule has 1 heterocycles. The van der Waals surface area contributed by atoms with Crippen LogP contribution >= 0.6 is 0 Å². The van der Waals surface area contributed by atoms with Crippen molar-refractivity contribution in [2.75, 3.05) is 6.61 Å². The average molecular weight is 552 g/mol. The molecule has 1 aliphatic carbocycles. The predicted octanol–water partition coefficient (Wildman–Crippen LogP) is 4.68. The number of rotatable bonds is 10. The molecule has 0 radical (unpaired) electrons. The van der Waals surface area contributed by atoms with E-state index in [2.05, 4.69) is 5.32 Å². The molecule has 1 aliphatic heterocycles. The van der Waals surface area contributed by atoms with Crippen molar-refractivity contribution in [3.05, 3.63) is 54.1 Å². The zero-order valence-corrected chi connectivity index (χ0v) is 22.7. The smallest absolute Gasteiger partial charge is 0.491 e. The van der Waals surface area contributed by atoms with Gasteiger partial charge in [-0.3, -0.25) is 15.0 Å². The fourth-order valence-corrected chi connectivity index (χ4v) is 5.01. The molecule has 2 aliphatic rings. The minimum absolute atomic E-state index is 0.0268. The van der Waals surface area contributed by atoms with E-state index in [1.807, 2.05) is 36.4 Å². The third-order valence-electron chi connectivity index (χ3n) is 7.16. The first-order valence-electron chi connectivity index (χ1n) is 13.8. The van der Waals surface area contributed by atoms with Gasteiger partial charge in [-0.1, -0.05) is 49.2 Å². The number of benzene rings is 2. The third kappa shape index (κ3) is 8.46. The Balaban J connectivity index is 1.17. The van der Waals surface area contributed by atoms with Crippen molar-refractivity contribution in [2.24, 2.45) is 11.7 Å². The number of ether oxygens (including phenoxy) is 4. The Bertz CT molecular complexity index is 1170. The van der Waals surface area contributed by atoms with Gasteiger partial charge in [0.15, 0.2) is 0 Å². The van der Waals surface area contributed by atoms with E-state index in [-0.39, 0.29) is 36.9 Å². The van der Waals surface area contributed by atoms with Crippen molar-refractivity contribution in [1.82, 2.24) is 5.32 Å². The van der Waals surface area contributed by atoms with Crippen molar-refractivity contribution in [2.45, 2.75) is 76.7 Å². The molecule has 10 heteroatoms. The Morgan fingerprint density at radius 2 is 1.60 bits per heavy atom. The topological polar surface area (TPSA) is 150 Å². The molecule has 0 aromatic heterocycles. The number of nitrogen functional groups attached to an aromatic ring is 1. The molecule has 40 heavy (non-hydrogen) atoms. The molecular weight excluding hydrogens is 514 g/mol. The molecule has 0 bridgehead atoms. The van der Waals surface area contributed by atoms with Crippen LogP contribution in [0.2, 0.25) is 0 Å². The number of amidine groups is 1. The lowest BCUT2D eigenvalue weighted by Crippen LogP contribution is -2.31. The van der Waals surface area contributed by atoms with Crippen molar-refractivity contribution in [3.63, 3.8) is 0 Å². The molecule has 1 unspecified atom stereocenters. The van der Waals surface area contributed by atoms with Gasteiger partial charge in [0.1, 0.15) is 24.3 Å². The van der Waals surface area contributed by atoms with Gasteiger partial charge in [0, 0.05) is 12.5 Å². The Hall–Kier alpha value is -4.08. The lowest BCUT2D eigenvalue weighted by Gasteiger charge is -2.18. The highest BCUT2D eigenvalue weighted by Gasteiger charge is 2.35. The van der Waals surface area contributed by atoms with Crippen LogP contribution in [0.3, 0.4) is 0 Å². The summed E-state index contributed by atoms with van der Waals surface area (Å²) in [5.74, 6) is -0.729. The number of nitrogens with two attached hydrogens (primary N) is 1. The summed E-state index contributed by atoms with van der Waals surface area (Å²) in [6.07, 6.45) is 4.12. The van der Waals surface area contributed by atoms with E-state index in [4.69, 9.17) is 30.1 Å². The molecule has 1 amide bonds. The quantitative estimate of drug-likeness (QED) is 0.127. The maximum Gasteiger partial charge on any atom is 0.511 e. The maximum absolute atomic E-state index is 12.4. The van der Waals surface area contributed by atoms with Crippen LogP contribution in [0.4, 0.5) is 4.79 Å². The first-order chi connectivity index (χ1) is 19.3. The molecule has 2 fully saturated rings. The van der Waals surface area contributed by atoms with E-state index in [1.165, 1.54) is 6.92 Å². The van der Waals surface area contributed by atoms with Crippen molar-refractivity contribution < 1.29 is 33.3 Å². The van der Waals surface area contributed by atoms with Crippen LogP contribution < -0.4 is 15.8 Å². The van der Waals surface area contributed by atoms with Gasteiger partial charge in [-0.15, -0.1) is 0 Å². The molecule has 2 aromatic rings. The van der Waals surface area contributed by atoms with Crippen LogP contribution in [0.5, 0.6) is 5.75 Å². The molecule has 4 rings (SSSR count). The van der Waals surface area contributed by atoms with Gasteiger partial charge in [-0.25, -0.2) is 4.79 Å². The Morgan fingerprint density at radius 1 is 0.975 bits per heavy atom. The van der Waals surface area contributed by atoms with E-state index in [9.17, 15) is 14.4 Å². The van der Waals surface area contributed by atoms with E-state index in [0.717, 1.165) is 49.7 Å². The maximum atomic E-state index is 12.4. The lowest BCUT2D eigenvalue weighted by molar-refractivity contribution is -0.170. The van der Waals surface area contributed by atoms with Crippen molar-refractivity contribution >= 4 is 23.9 Å². The summed E-state index contributed by atoms with van der Waals surface area (Å²) < 4.78 is 21.5. The number of amides is 1. The highest BCUT2D eigenvalue weighted by atomic mass is 16.8. The van der Waals surface area contributed by atoms with Crippen LogP contribution in [0.25, 0.3) is 11.1 Å². The van der Waals surface area contributed by atoms with Crippen LogP contribution in [0.15, 0.2) is 48.5 Å². The summed E-state index contributed by atoms with van der Waals surface area (Å²) in [4.78, 5) is 36.8. The summed E-state index contributed by atoms with van der Waals surface area (Å²) in [7, 11) is 0. The molecule has 1 saturated heterocycles. The average Bonchev–Trinajstić information content (AvgIpc) is 3.09. The normalized spacial score (nSPS) is 20.1. The number of carbonyl (C=O) groups is 3. The van der Waals surface area contributed by atoms with Crippen LogP contribution in [-0.2, 0) is 23.8 Å². The Kier molecular flexibility index (Phi) is 9.99. The Morgan fingerprint density at radius 3 is 2.23 bits per heavy atom. The van der Waals surface area contributed by atoms with Gasteiger partial charge < -0.3 is 30.0 Å². The van der Waals surface area contributed by atoms with E-state index >= 15 is 0 Å². The summed E-state index contributed by atoms with van der Waals surface area (Å²) in [6, 6.07) is 14.7. The molecule has 10 nitrogen and oxygen atoms in total. The standard InChI is InChI=1S/C30H37N3O7/c1-19(39-30(36)40-26-6-4-2-3-5-7-26)38-27(34)17-23-16-24(33-29(23)35)18-37-25-14-12-21(13-15-25)20-8-10-22(11-9-20)28(31)32/h8-15,19,23-24,26H,2-7,16-18H2,1H3,(H3,31,32)(H,33,35)/t19?,23-,24-/m0/s1. The molecule has 2 aromatic carbocycles. The van der Waals surface area contributed by atoms with Gasteiger partial charge in [-0.05, 0) is 55.4 Å². The number of nitrogens with one attached hydrogen (secondary N) is 2. The third-order valence-corrected chi connectivity index (χ3v) is 7.16. The zero-order chi connectivity index (χ0) is 28.5. The fourth-order valence-electron chi connectivity index (χ4n) is 5.01. The van der Waals surface area contributed by atoms with Crippen molar-refractivity contribution in [3.8, 4) is 16.9 Å². The van der Waals surface area contributed by atoms with Gasteiger partial charge in [0.2, 0.25) is 12.2 Å². The first kappa shape index (κ1) is 28.9. The number of hydrogen-bond donors (Lipinski definition) is 3. The van der Waals surface area contributed by atoms with Gasteiger partial charge in [0.05, 0.1) is 18.4 Å². The second-order valence-electron chi connectivity index (χ2n) is 10.3. The van der Waals surface area contributed by atoms with Gasteiger partial charge in [0.25, 0.3) is 0 Å². The molecule has 214 valence electrons. The monoisotopic (exact) mass is 551 g/mol. The van der Waals surface area contributed by atoms with Crippen molar-refractivity contribution in [1.29, 1.82) is 5.41 Å². The molecule has 1 saturated carbocycles. The molecule has 4 N–H and O–H groups in total. The minimum atomic E-state index is -1.11. The zero-order valence-electron chi connectivity index (χ0n) is 22.7. The summed E-state index contributed by atoms with van der Waals surface area (Å²) in [5.41, 5.74) is 8.16. The van der Waals surface area contributed by atoms with E-state index < -0.39 is 24.3 Å². The highest BCUT2D eigenvalue weighted by Crippen LogP contribution is 2.25. The number of carbonyl (C=O) groups excluding carboxylic acids is 3. The number of hydrogen-bond acceptors (Lipinski definition) is 8. The first-order valence-corrected chi connectivity index (χ1v) is 13.8. The summed E-state index contributed by atoms with van der Waals surface area (Å²) >= 11 is 0. The van der Waals surface area contributed by atoms with E-state index in [0.29, 0.717) is 17.7 Å². The van der Waals surface area contributed by atoms with Gasteiger partial charge in [-0.2, -0.15) is 0 Å². The molecule has 3 atom stereocenters. The second kappa shape index (κ2) is 13.8. The largest absolute Gasteiger partial charge is 0.511 e. The summed E-state index contributed by atoms with van der Waals surface area (Å²) in [5, 5.41) is 10.4. The molecule has 0 spiro atoms. The predicted molar refractivity (Wildman–Crippen MR) is 148 cm³/mol. The molecular formula is C30H37N3O7.